The molecule has 0 spiro atoms. The molecular formula is C14H16BrF3S. The number of thiophene rings is 1. The fourth-order valence-corrected chi connectivity index (χ4v) is 4.21. The molecule has 0 fully saturated rings. The Morgan fingerprint density at radius 3 is 2.05 bits per heavy atom. The summed E-state index contributed by atoms with van der Waals surface area (Å²) in [6.07, 6.45) is 0. The van der Waals surface area contributed by atoms with Crippen LogP contribution in [0.25, 0.3) is 10.1 Å². The van der Waals surface area contributed by atoms with Crippen LogP contribution in [0.4, 0.5) is 13.2 Å². The Morgan fingerprint density at radius 1 is 1.00 bits per heavy atom. The quantitative estimate of drug-likeness (QED) is 0.639. The van der Waals surface area contributed by atoms with Crippen molar-refractivity contribution in [3.63, 3.8) is 0 Å². The van der Waals surface area contributed by atoms with E-state index < -0.39 is 21.4 Å². The Kier molecular flexibility index (Phi) is 4.42. The maximum Gasteiger partial charge on any atom is 0.600 e. The first-order valence-corrected chi connectivity index (χ1v) is 6.97. The van der Waals surface area contributed by atoms with E-state index in [1.54, 1.807) is 18.2 Å². The highest BCUT2D eigenvalue weighted by atomic mass is 79.9. The van der Waals surface area contributed by atoms with E-state index >= 15 is 0 Å². The van der Waals surface area contributed by atoms with Crippen LogP contribution in [0.1, 0.15) is 31.2 Å². The van der Waals surface area contributed by atoms with Crippen LogP contribution in [-0.2, 0) is 10.9 Å². The molecule has 0 radical (unpaired) electrons. The maximum atomic E-state index is 13.3. The summed E-state index contributed by atoms with van der Waals surface area (Å²) >= 11 is 0. The number of benzene rings is 1. The summed E-state index contributed by atoms with van der Waals surface area (Å²) in [5, 5.41) is 0.723. The van der Waals surface area contributed by atoms with Gasteiger partial charge in [0.2, 0.25) is 0 Å². The molecule has 0 aliphatic rings. The van der Waals surface area contributed by atoms with Gasteiger partial charge in [-0.1, -0.05) is 32.4 Å². The lowest BCUT2D eigenvalue weighted by Crippen LogP contribution is -3.00. The third-order valence-corrected chi connectivity index (χ3v) is 5.31. The molecule has 106 valence electrons. The minimum atomic E-state index is -4.19. The molecule has 1 unspecified atom stereocenters. The normalized spacial score (nSPS) is 13.5. The molecule has 0 saturated carbocycles. The molecule has 1 atom stereocenters. The number of aryl methyl sites for hydroxylation is 1. The Bertz CT molecular complexity index is 591. The van der Waals surface area contributed by atoms with Gasteiger partial charge in [0.15, 0.2) is 9.58 Å². The lowest BCUT2D eigenvalue weighted by Gasteiger charge is -2.13. The Hall–Kier alpha value is -0.550. The average molecular weight is 353 g/mol. The van der Waals surface area contributed by atoms with Crippen molar-refractivity contribution < 1.29 is 30.2 Å². The highest BCUT2D eigenvalue weighted by Crippen LogP contribution is 2.54. The van der Waals surface area contributed by atoms with Crippen LogP contribution < -0.4 is 17.0 Å². The molecule has 1 heterocycles. The second-order valence-corrected chi connectivity index (χ2v) is 7.51. The van der Waals surface area contributed by atoms with Crippen molar-refractivity contribution in [2.45, 2.75) is 38.6 Å². The predicted molar refractivity (Wildman–Crippen MR) is 71.2 cm³/mol. The van der Waals surface area contributed by atoms with Crippen LogP contribution in [0.2, 0.25) is 0 Å². The van der Waals surface area contributed by atoms with E-state index in [1.165, 1.54) is 0 Å². The average Bonchev–Trinajstić information content (AvgIpc) is 2.54. The van der Waals surface area contributed by atoms with Gasteiger partial charge in [0.1, 0.15) is 0 Å². The molecule has 0 nitrogen and oxygen atoms in total. The zero-order valence-electron chi connectivity index (χ0n) is 11.2. The van der Waals surface area contributed by atoms with Gasteiger partial charge < -0.3 is 17.0 Å². The fourth-order valence-electron chi connectivity index (χ4n) is 2.06. The SMILES string of the molecule is Cc1ccc2c(c1)cc(C(C)(C)C)[s+]2C(F)(F)F.[Br-]. The predicted octanol–water partition coefficient (Wildman–Crippen LogP) is 2.68. The van der Waals surface area contributed by atoms with Gasteiger partial charge in [-0.15, -0.1) is 13.2 Å². The molecule has 0 N–H and O–H groups in total. The molecule has 1 aromatic carbocycles. The van der Waals surface area contributed by atoms with Crippen molar-refractivity contribution in [3.05, 3.63) is 34.7 Å². The summed E-state index contributed by atoms with van der Waals surface area (Å²) in [7, 11) is -1.77. The van der Waals surface area contributed by atoms with Gasteiger partial charge in [0, 0.05) is 16.9 Å². The van der Waals surface area contributed by atoms with Gasteiger partial charge in [-0.05, 0) is 19.1 Å². The number of fused-ring (bicyclic) bond motifs is 1. The molecular weight excluding hydrogens is 337 g/mol. The van der Waals surface area contributed by atoms with Crippen LogP contribution in [0.5, 0.6) is 0 Å². The van der Waals surface area contributed by atoms with Crippen molar-refractivity contribution in [1.82, 2.24) is 0 Å². The summed E-state index contributed by atoms with van der Waals surface area (Å²) in [4.78, 5) is 0.482. The molecule has 5 heteroatoms. The van der Waals surface area contributed by atoms with E-state index in [4.69, 9.17) is 0 Å². The van der Waals surface area contributed by atoms with Crippen LogP contribution in [0, 0.1) is 6.92 Å². The summed E-state index contributed by atoms with van der Waals surface area (Å²) < 4.78 is 40.3. The van der Waals surface area contributed by atoms with Gasteiger partial charge in [-0.25, -0.2) is 0 Å². The van der Waals surface area contributed by atoms with E-state index in [9.17, 15) is 13.2 Å². The minimum Gasteiger partial charge on any atom is -1.00 e. The number of alkyl halides is 3. The van der Waals surface area contributed by atoms with Gasteiger partial charge in [-0.2, -0.15) is 0 Å². The van der Waals surface area contributed by atoms with E-state index in [0.717, 1.165) is 10.9 Å². The fraction of sp³-hybridized carbons (Fsp3) is 0.429. The summed E-state index contributed by atoms with van der Waals surface area (Å²) in [5.74, 6) is 0. The number of hydrogen-bond donors (Lipinski definition) is 0. The zero-order valence-corrected chi connectivity index (χ0v) is 13.6. The van der Waals surface area contributed by atoms with Crippen molar-refractivity contribution in [2.24, 2.45) is 0 Å². The van der Waals surface area contributed by atoms with E-state index in [2.05, 4.69) is 0 Å². The summed E-state index contributed by atoms with van der Waals surface area (Å²) in [6.45, 7) is 7.41. The second-order valence-electron chi connectivity index (χ2n) is 5.55. The molecule has 0 bridgehead atoms. The van der Waals surface area contributed by atoms with Crippen LogP contribution >= 0.6 is 10.5 Å². The first-order valence-electron chi connectivity index (χ1n) is 5.74. The molecule has 0 amide bonds. The first kappa shape index (κ1) is 16.5. The molecule has 19 heavy (non-hydrogen) atoms. The molecule has 0 saturated heterocycles. The van der Waals surface area contributed by atoms with Crippen LogP contribution in [-0.4, -0.2) is 0 Å². The van der Waals surface area contributed by atoms with Crippen molar-refractivity contribution >= 4 is 20.6 Å². The highest BCUT2D eigenvalue weighted by Gasteiger charge is 2.50. The number of halogens is 4. The molecule has 0 aliphatic heterocycles. The number of hydrogen-bond acceptors (Lipinski definition) is 0. The first-order chi connectivity index (χ1) is 8.10. The third-order valence-electron chi connectivity index (χ3n) is 2.86. The summed E-state index contributed by atoms with van der Waals surface area (Å²) in [5.41, 5.74) is -3.67. The molecule has 0 aliphatic carbocycles. The van der Waals surface area contributed by atoms with Gasteiger partial charge in [0.05, 0.1) is 10.5 Å². The highest BCUT2D eigenvalue weighted by molar-refractivity contribution is 7.38. The van der Waals surface area contributed by atoms with Crippen LogP contribution in [0.15, 0.2) is 24.3 Å². The van der Waals surface area contributed by atoms with Gasteiger partial charge in [0.25, 0.3) is 0 Å². The van der Waals surface area contributed by atoms with Crippen molar-refractivity contribution in [3.8, 4) is 0 Å². The lowest BCUT2D eigenvalue weighted by molar-refractivity contribution is -0.0869. The van der Waals surface area contributed by atoms with Crippen molar-refractivity contribution in [1.29, 1.82) is 0 Å². The van der Waals surface area contributed by atoms with Gasteiger partial charge in [-0.3, -0.25) is 0 Å². The second kappa shape index (κ2) is 5.09. The van der Waals surface area contributed by atoms with Gasteiger partial charge >= 0.3 is 5.51 Å². The minimum absolute atomic E-state index is 0. The lowest BCUT2D eigenvalue weighted by atomic mass is 9.94. The summed E-state index contributed by atoms with van der Waals surface area (Å²) in [6, 6.07) is 6.93. The maximum absolute atomic E-state index is 13.3. The topological polar surface area (TPSA) is 0 Å². The Balaban J connectivity index is 0.00000180. The third kappa shape index (κ3) is 3.14. The van der Waals surface area contributed by atoms with E-state index in [0.29, 0.717) is 9.58 Å². The number of rotatable bonds is 0. The largest absolute Gasteiger partial charge is 1.00 e. The smallest absolute Gasteiger partial charge is 0.600 e. The zero-order chi connectivity index (χ0) is 13.7. The van der Waals surface area contributed by atoms with E-state index in [-0.39, 0.29) is 17.0 Å². The van der Waals surface area contributed by atoms with Crippen LogP contribution in [0.3, 0.4) is 0 Å². The molecule has 2 rings (SSSR count). The standard InChI is InChI=1S/C14H16F3S.BrH/c1-9-5-6-11-10(7-9)8-12(13(2,3)4)18(11)14(15,16)17;/h5-8H,1-4H3;1H/q+1;/p-1. The Morgan fingerprint density at radius 2 is 1.58 bits per heavy atom. The van der Waals surface area contributed by atoms with E-state index in [1.807, 2.05) is 33.8 Å². The monoisotopic (exact) mass is 352 g/mol. The molecule has 2 aromatic rings. The molecule has 1 aromatic heterocycles. The Labute approximate surface area is 124 Å². The van der Waals surface area contributed by atoms with Crippen molar-refractivity contribution in [2.75, 3.05) is 0 Å².